The molecule has 1 N–H and O–H groups in total. The number of aliphatic hydroxyl groups is 1. The van der Waals surface area contributed by atoms with Crippen LogP contribution in [0.5, 0.6) is 0 Å². The summed E-state index contributed by atoms with van der Waals surface area (Å²) in [5.41, 5.74) is 2.14. The summed E-state index contributed by atoms with van der Waals surface area (Å²) >= 11 is 0. The molecule has 0 aliphatic carbocycles. The summed E-state index contributed by atoms with van der Waals surface area (Å²) in [5.74, 6) is 6.75. The molecule has 0 amide bonds. The quantitative estimate of drug-likeness (QED) is 0.692. The van der Waals surface area contributed by atoms with Crippen molar-refractivity contribution >= 4 is 0 Å². The van der Waals surface area contributed by atoms with Crippen LogP contribution in [0, 0.1) is 17.8 Å². The van der Waals surface area contributed by atoms with Crippen molar-refractivity contribution in [2.24, 2.45) is 5.92 Å². The van der Waals surface area contributed by atoms with E-state index in [0.29, 0.717) is 18.9 Å². The van der Waals surface area contributed by atoms with Crippen molar-refractivity contribution in [3.8, 4) is 11.8 Å². The number of hydrogen-bond donors (Lipinski definition) is 1. The van der Waals surface area contributed by atoms with E-state index < -0.39 is 0 Å². The maximum Gasteiger partial charge on any atom is 0.0729 e. The molecule has 0 aliphatic heterocycles. The van der Waals surface area contributed by atoms with Crippen molar-refractivity contribution in [1.29, 1.82) is 0 Å². The molecule has 0 radical (unpaired) electrons. The van der Waals surface area contributed by atoms with Crippen molar-refractivity contribution in [1.82, 2.24) is 0 Å². The number of rotatable bonds is 9. The van der Waals surface area contributed by atoms with Crippen LogP contribution in [-0.4, -0.2) is 18.3 Å². The molecular weight excluding hydrogens is 260 g/mol. The average Bonchev–Trinajstić information content (AvgIpc) is 2.52. The minimum atomic E-state index is 0.112. The summed E-state index contributed by atoms with van der Waals surface area (Å²) in [6, 6.07) is 8.08. The zero-order valence-corrected chi connectivity index (χ0v) is 13.4. The number of aliphatic hydroxyl groups excluding tert-OH is 1. The van der Waals surface area contributed by atoms with Gasteiger partial charge in [0.1, 0.15) is 0 Å². The second-order valence-corrected chi connectivity index (χ2v) is 5.36. The van der Waals surface area contributed by atoms with Gasteiger partial charge >= 0.3 is 0 Å². The predicted molar refractivity (Wildman–Crippen MR) is 88.0 cm³/mol. The number of hydrogen-bond acceptors (Lipinski definition) is 2. The number of unbranched alkanes of at least 4 members (excludes halogenated alkanes) is 1. The Kier molecular flexibility index (Phi) is 9.61. The standard InChI is InChI=1S/C19H28O2/c1-3-5-10-17(4-2)15-21-16-19-13-7-6-11-18(19)12-8-9-14-20/h6-7,11,13,17,20H,3-5,9-10,14-16H2,1-2H3. The summed E-state index contributed by atoms with van der Waals surface area (Å²) in [6.07, 6.45) is 5.48. The van der Waals surface area contributed by atoms with Crippen LogP contribution < -0.4 is 0 Å². The lowest BCUT2D eigenvalue weighted by Crippen LogP contribution is -2.09. The van der Waals surface area contributed by atoms with E-state index in [1.807, 2.05) is 18.2 Å². The monoisotopic (exact) mass is 288 g/mol. The van der Waals surface area contributed by atoms with Gasteiger partial charge in [-0.2, -0.15) is 0 Å². The lowest BCUT2D eigenvalue weighted by Gasteiger charge is -2.15. The normalized spacial score (nSPS) is 11.8. The minimum absolute atomic E-state index is 0.112. The fourth-order valence-corrected chi connectivity index (χ4v) is 2.22. The van der Waals surface area contributed by atoms with Crippen LogP contribution in [0.15, 0.2) is 24.3 Å². The molecule has 0 aliphatic rings. The van der Waals surface area contributed by atoms with Crippen molar-refractivity contribution in [3.05, 3.63) is 35.4 Å². The fourth-order valence-electron chi connectivity index (χ4n) is 2.22. The highest BCUT2D eigenvalue weighted by Crippen LogP contribution is 2.15. The van der Waals surface area contributed by atoms with Gasteiger partial charge in [-0.3, -0.25) is 0 Å². The molecule has 0 bridgehead atoms. The Morgan fingerprint density at radius 1 is 1.24 bits per heavy atom. The molecule has 1 aromatic rings. The molecule has 1 rings (SSSR count). The maximum absolute atomic E-state index is 8.79. The number of benzene rings is 1. The van der Waals surface area contributed by atoms with Gasteiger partial charge in [0.2, 0.25) is 0 Å². The molecule has 0 aromatic heterocycles. The van der Waals surface area contributed by atoms with Gasteiger partial charge in [-0.1, -0.05) is 63.1 Å². The average molecular weight is 288 g/mol. The second kappa shape index (κ2) is 11.4. The van der Waals surface area contributed by atoms with Crippen LogP contribution in [0.1, 0.15) is 57.1 Å². The third kappa shape index (κ3) is 7.32. The molecular formula is C19H28O2. The summed E-state index contributed by atoms with van der Waals surface area (Å²) in [6.45, 7) is 6.02. The molecule has 2 heteroatoms. The minimum Gasteiger partial charge on any atom is -0.395 e. The summed E-state index contributed by atoms with van der Waals surface area (Å²) < 4.78 is 5.90. The van der Waals surface area contributed by atoms with Gasteiger partial charge < -0.3 is 9.84 Å². The molecule has 21 heavy (non-hydrogen) atoms. The van der Waals surface area contributed by atoms with E-state index in [9.17, 15) is 0 Å². The zero-order chi connectivity index (χ0) is 15.3. The van der Waals surface area contributed by atoms with Crippen molar-refractivity contribution in [2.75, 3.05) is 13.2 Å². The summed E-state index contributed by atoms with van der Waals surface area (Å²) in [4.78, 5) is 0. The highest BCUT2D eigenvalue weighted by molar-refractivity contribution is 5.40. The largest absolute Gasteiger partial charge is 0.395 e. The van der Waals surface area contributed by atoms with Gasteiger partial charge in [0, 0.05) is 18.6 Å². The van der Waals surface area contributed by atoms with Crippen molar-refractivity contribution in [3.63, 3.8) is 0 Å². The predicted octanol–water partition coefficient (Wildman–Crippen LogP) is 4.15. The molecule has 1 aromatic carbocycles. The fraction of sp³-hybridized carbons (Fsp3) is 0.579. The summed E-state index contributed by atoms with van der Waals surface area (Å²) in [5, 5.41) is 8.79. The van der Waals surface area contributed by atoms with Gasteiger partial charge in [-0.15, -0.1) is 0 Å². The van der Waals surface area contributed by atoms with E-state index in [-0.39, 0.29) is 6.61 Å². The first-order valence-electron chi connectivity index (χ1n) is 8.07. The Balaban J connectivity index is 2.49. The van der Waals surface area contributed by atoms with Crippen LogP contribution >= 0.6 is 0 Å². The smallest absolute Gasteiger partial charge is 0.0729 e. The van der Waals surface area contributed by atoms with E-state index >= 15 is 0 Å². The summed E-state index contributed by atoms with van der Waals surface area (Å²) in [7, 11) is 0. The molecule has 1 unspecified atom stereocenters. The first-order chi connectivity index (χ1) is 10.3. The Hall–Kier alpha value is -1.30. The molecule has 116 valence electrons. The first-order valence-corrected chi connectivity index (χ1v) is 8.07. The van der Waals surface area contributed by atoms with Crippen LogP contribution in [0.3, 0.4) is 0 Å². The zero-order valence-electron chi connectivity index (χ0n) is 13.4. The third-order valence-corrected chi connectivity index (χ3v) is 3.63. The maximum atomic E-state index is 8.79. The molecule has 2 nitrogen and oxygen atoms in total. The van der Waals surface area contributed by atoms with E-state index in [2.05, 4.69) is 31.8 Å². The van der Waals surface area contributed by atoms with Gasteiger partial charge in [0.05, 0.1) is 13.2 Å². The highest BCUT2D eigenvalue weighted by atomic mass is 16.5. The molecule has 0 fully saturated rings. The van der Waals surface area contributed by atoms with Crippen molar-refractivity contribution < 1.29 is 9.84 Å². The Morgan fingerprint density at radius 3 is 2.76 bits per heavy atom. The first kappa shape index (κ1) is 17.8. The van der Waals surface area contributed by atoms with E-state index in [0.717, 1.165) is 17.7 Å². The van der Waals surface area contributed by atoms with E-state index in [1.54, 1.807) is 0 Å². The molecule has 0 saturated heterocycles. The third-order valence-electron chi connectivity index (χ3n) is 3.63. The second-order valence-electron chi connectivity index (χ2n) is 5.36. The SMILES string of the molecule is CCCCC(CC)COCc1ccccc1C#CCCO. The lowest BCUT2D eigenvalue weighted by molar-refractivity contribution is 0.0818. The Bertz CT molecular complexity index is 442. The van der Waals surface area contributed by atoms with Crippen LogP contribution in [0.4, 0.5) is 0 Å². The lowest BCUT2D eigenvalue weighted by atomic mass is 10.0. The van der Waals surface area contributed by atoms with Gasteiger partial charge in [0.25, 0.3) is 0 Å². The molecule has 0 saturated carbocycles. The van der Waals surface area contributed by atoms with Gasteiger partial charge in [-0.25, -0.2) is 0 Å². The van der Waals surface area contributed by atoms with Gasteiger partial charge in [0.15, 0.2) is 0 Å². The molecule has 0 heterocycles. The molecule has 0 spiro atoms. The van der Waals surface area contributed by atoms with Gasteiger partial charge in [-0.05, 0) is 24.0 Å². The van der Waals surface area contributed by atoms with Crippen LogP contribution in [0.2, 0.25) is 0 Å². The van der Waals surface area contributed by atoms with E-state index in [1.165, 1.54) is 25.7 Å². The Morgan fingerprint density at radius 2 is 2.05 bits per heavy atom. The van der Waals surface area contributed by atoms with E-state index in [4.69, 9.17) is 9.84 Å². The van der Waals surface area contributed by atoms with Crippen LogP contribution in [0.25, 0.3) is 0 Å². The molecule has 1 atom stereocenters. The number of ether oxygens (including phenoxy) is 1. The Labute approximate surface area is 129 Å². The van der Waals surface area contributed by atoms with Crippen molar-refractivity contribution in [2.45, 2.75) is 52.6 Å². The highest BCUT2D eigenvalue weighted by Gasteiger charge is 2.07. The van der Waals surface area contributed by atoms with Crippen LogP contribution in [-0.2, 0) is 11.3 Å². The topological polar surface area (TPSA) is 29.5 Å².